The van der Waals surface area contributed by atoms with Crippen LogP contribution in [0.4, 0.5) is 0 Å². The third kappa shape index (κ3) is 8.27. The van der Waals surface area contributed by atoms with Crippen LogP contribution in [-0.4, -0.2) is 18.2 Å². The molecule has 0 radical (unpaired) electrons. The highest BCUT2D eigenvalue weighted by molar-refractivity contribution is 5.91. The van der Waals surface area contributed by atoms with E-state index in [9.17, 15) is 4.79 Å². The van der Waals surface area contributed by atoms with E-state index in [4.69, 9.17) is 4.74 Å². The van der Waals surface area contributed by atoms with Crippen LogP contribution < -0.4 is 4.74 Å². The van der Waals surface area contributed by atoms with Gasteiger partial charge in [-0.05, 0) is 90.4 Å². The van der Waals surface area contributed by atoms with Crippen molar-refractivity contribution >= 4 is 12.2 Å². The number of hydrogen-bond donors (Lipinski definition) is 0. The number of aliphatic imine (C=N–C) groups is 1. The molecule has 194 valence electrons. The summed E-state index contributed by atoms with van der Waals surface area (Å²) >= 11 is 0. The topological polar surface area (TPSA) is 38.7 Å². The number of rotatable bonds is 12. The molecule has 0 aliphatic carbocycles. The van der Waals surface area contributed by atoms with Gasteiger partial charge in [0.15, 0.2) is 0 Å². The van der Waals surface area contributed by atoms with Crippen LogP contribution in [0.2, 0.25) is 0 Å². The quantitative estimate of drug-likeness (QED) is 0.0839. The number of aryl methyl sites for hydroxylation is 1. The first kappa shape index (κ1) is 27.1. The van der Waals surface area contributed by atoms with E-state index >= 15 is 0 Å². The van der Waals surface area contributed by atoms with Gasteiger partial charge in [-0.3, -0.25) is 4.99 Å². The number of carbonyl (C=O) groups is 1. The van der Waals surface area contributed by atoms with Crippen molar-refractivity contribution < 1.29 is 9.53 Å². The van der Waals surface area contributed by atoms with Crippen LogP contribution in [-0.2, 0) is 12.8 Å². The number of esters is 1. The second-order valence-corrected chi connectivity index (χ2v) is 9.86. The van der Waals surface area contributed by atoms with Crippen LogP contribution in [0.3, 0.4) is 0 Å². The van der Waals surface area contributed by atoms with E-state index in [1.807, 2.05) is 48.7 Å². The second-order valence-electron chi connectivity index (χ2n) is 9.86. The van der Waals surface area contributed by atoms with Crippen molar-refractivity contribution in [2.45, 2.75) is 58.4 Å². The van der Waals surface area contributed by atoms with E-state index in [2.05, 4.69) is 67.4 Å². The van der Waals surface area contributed by atoms with Crippen molar-refractivity contribution in [3.05, 3.63) is 125 Å². The maximum Gasteiger partial charge on any atom is 0.343 e. The minimum absolute atomic E-state index is 0.186. The van der Waals surface area contributed by atoms with Gasteiger partial charge in [-0.1, -0.05) is 92.9 Å². The van der Waals surface area contributed by atoms with Gasteiger partial charge in [0, 0.05) is 6.21 Å². The average Bonchev–Trinajstić information content (AvgIpc) is 2.96. The zero-order valence-corrected chi connectivity index (χ0v) is 22.5. The van der Waals surface area contributed by atoms with Crippen LogP contribution >= 0.6 is 0 Å². The molecule has 0 N–H and O–H groups in total. The molecule has 0 aliphatic rings. The zero-order chi connectivity index (χ0) is 26.6. The van der Waals surface area contributed by atoms with Gasteiger partial charge in [-0.2, -0.15) is 0 Å². The van der Waals surface area contributed by atoms with Crippen LogP contribution in [0.1, 0.15) is 66.6 Å². The lowest BCUT2D eigenvalue weighted by Gasteiger charge is -2.08. The molecule has 0 aromatic heterocycles. The second kappa shape index (κ2) is 14.1. The van der Waals surface area contributed by atoms with Gasteiger partial charge in [-0.25, -0.2) is 4.79 Å². The van der Waals surface area contributed by atoms with Crippen molar-refractivity contribution in [1.82, 2.24) is 0 Å². The fourth-order valence-electron chi connectivity index (χ4n) is 4.43. The van der Waals surface area contributed by atoms with Crippen molar-refractivity contribution in [3.63, 3.8) is 0 Å². The van der Waals surface area contributed by atoms with Gasteiger partial charge >= 0.3 is 5.97 Å². The van der Waals surface area contributed by atoms with E-state index < -0.39 is 0 Å². The molecule has 4 aromatic rings. The number of unbranched alkanes of at least 4 members (excludes halogenated alkanes) is 3. The Bertz CT molecular complexity index is 1290. The van der Waals surface area contributed by atoms with E-state index in [0.717, 1.165) is 29.5 Å². The Morgan fingerprint density at radius 1 is 0.763 bits per heavy atom. The lowest BCUT2D eigenvalue weighted by Crippen LogP contribution is -2.08. The van der Waals surface area contributed by atoms with Gasteiger partial charge in [0.2, 0.25) is 0 Å². The van der Waals surface area contributed by atoms with Crippen LogP contribution in [0, 0.1) is 0 Å². The summed E-state index contributed by atoms with van der Waals surface area (Å²) in [6, 6.07) is 34.3. The monoisotopic (exact) mass is 503 g/mol. The summed E-state index contributed by atoms with van der Waals surface area (Å²) in [7, 11) is 0. The Morgan fingerprint density at radius 3 is 2.08 bits per heavy atom. The summed E-state index contributed by atoms with van der Waals surface area (Å²) in [6.07, 6.45) is 9.01. The van der Waals surface area contributed by atoms with E-state index in [1.165, 1.54) is 36.8 Å². The van der Waals surface area contributed by atoms with Crippen LogP contribution in [0.15, 0.2) is 108 Å². The number of benzene rings is 4. The number of ether oxygens (including phenoxy) is 1. The lowest BCUT2D eigenvalue weighted by atomic mass is 10.0. The molecule has 0 saturated heterocycles. The highest BCUT2D eigenvalue weighted by Gasteiger charge is 2.09. The average molecular weight is 504 g/mol. The molecular formula is C35H37NO2. The predicted octanol–water partition coefficient (Wildman–Crippen LogP) is 8.75. The first-order valence-electron chi connectivity index (χ1n) is 13.7. The van der Waals surface area contributed by atoms with Crippen molar-refractivity contribution in [2.24, 2.45) is 4.99 Å². The maximum absolute atomic E-state index is 12.7. The summed E-state index contributed by atoms with van der Waals surface area (Å²) in [6.45, 7) is 4.35. The van der Waals surface area contributed by atoms with Gasteiger partial charge < -0.3 is 4.74 Å². The fourth-order valence-corrected chi connectivity index (χ4v) is 4.43. The third-order valence-electron chi connectivity index (χ3n) is 6.67. The third-order valence-corrected chi connectivity index (χ3v) is 6.67. The Labute approximate surface area is 227 Å². The SMILES string of the molecule is CCCCCCc1ccc(-c2ccc(C(=O)Oc3ccc(C=NC(C)Cc4ccccc4)cc3)cc2)cc1. The normalized spacial score (nSPS) is 11.9. The first-order valence-corrected chi connectivity index (χ1v) is 13.7. The Balaban J connectivity index is 1.28. The molecular weight excluding hydrogens is 466 g/mol. The Hall–Kier alpha value is -3.98. The molecule has 38 heavy (non-hydrogen) atoms. The molecule has 0 aliphatic heterocycles. The Morgan fingerprint density at radius 2 is 1.42 bits per heavy atom. The van der Waals surface area contributed by atoms with Crippen molar-refractivity contribution in [2.75, 3.05) is 0 Å². The lowest BCUT2D eigenvalue weighted by molar-refractivity contribution is 0.0735. The van der Waals surface area contributed by atoms with Crippen molar-refractivity contribution in [3.8, 4) is 16.9 Å². The van der Waals surface area contributed by atoms with Crippen molar-refractivity contribution in [1.29, 1.82) is 0 Å². The molecule has 1 unspecified atom stereocenters. The summed E-state index contributed by atoms with van der Waals surface area (Å²) < 4.78 is 5.59. The summed E-state index contributed by atoms with van der Waals surface area (Å²) in [5.74, 6) is 0.153. The molecule has 4 rings (SSSR count). The first-order chi connectivity index (χ1) is 18.6. The largest absolute Gasteiger partial charge is 0.423 e. The summed E-state index contributed by atoms with van der Waals surface area (Å²) in [4.78, 5) is 17.3. The molecule has 3 heteroatoms. The summed E-state index contributed by atoms with van der Waals surface area (Å²) in [5.41, 5.74) is 6.40. The van der Waals surface area contributed by atoms with E-state index in [-0.39, 0.29) is 12.0 Å². The number of carbonyl (C=O) groups excluding carboxylic acids is 1. The molecule has 0 spiro atoms. The predicted molar refractivity (Wildman–Crippen MR) is 158 cm³/mol. The maximum atomic E-state index is 12.7. The standard InChI is InChI=1S/C35H37NO2/c1-3-4-5-7-10-28-13-17-31(18-14-28)32-19-21-33(22-20-32)35(37)38-34-23-15-30(16-24-34)26-36-27(2)25-29-11-8-6-9-12-29/h6,8-9,11-24,26-27H,3-5,7,10,25H2,1-2H3. The fraction of sp³-hybridized carbons (Fsp3) is 0.257. The number of nitrogens with zero attached hydrogens (tertiary/aromatic N) is 1. The number of hydrogen-bond acceptors (Lipinski definition) is 3. The van der Waals surface area contributed by atoms with E-state index in [1.54, 1.807) is 12.1 Å². The minimum Gasteiger partial charge on any atom is -0.423 e. The Kier molecular flexibility index (Phi) is 10.0. The molecule has 1 atom stereocenters. The zero-order valence-electron chi connectivity index (χ0n) is 22.5. The van der Waals surface area contributed by atoms with Gasteiger partial charge in [0.25, 0.3) is 0 Å². The highest BCUT2D eigenvalue weighted by Crippen LogP contribution is 2.22. The van der Waals surface area contributed by atoms with Gasteiger partial charge in [-0.15, -0.1) is 0 Å². The molecule has 3 nitrogen and oxygen atoms in total. The molecule has 4 aromatic carbocycles. The smallest absolute Gasteiger partial charge is 0.343 e. The molecule has 0 heterocycles. The van der Waals surface area contributed by atoms with Gasteiger partial charge in [0.05, 0.1) is 11.6 Å². The molecule has 0 fully saturated rings. The van der Waals surface area contributed by atoms with Gasteiger partial charge in [0.1, 0.15) is 5.75 Å². The van der Waals surface area contributed by atoms with Crippen LogP contribution in [0.5, 0.6) is 5.75 Å². The molecule has 0 saturated carbocycles. The minimum atomic E-state index is -0.364. The van der Waals surface area contributed by atoms with E-state index in [0.29, 0.717) is 11.3 Å². The van der Waals surface area contributed by atoms with Crippen LogP contribution in [0.25, 0.3) is 11.1 Å². The molecule has 0 bridgehead atoms. The molecule has 0 amide bonds. The summed E-state index contributed by atoms with van der Waals surface area (Å²) in [5, 5.41) is 0. The highest BCUT2D eigenvalue weighted by atomic mass is 16.5.